The fourth-order valence-electron chi connectivity index (χ4n) is 4.40. The average molecular weight is 423 g/mol. The Morgan fingerprint density at radius 1 is 0.613 bits per heavy atom. The van der Waals surface area contributed by atoms with Gasteiger partial charge in [0.2, 0.25) is 0 Å². The SMILES string of the molecule is Cc1ccc(S(=O)(=O)C2C(c3ccccc3)=C(c3ccccc3)c3ccccc32)cc1. The van der Waals surface area contributed by atoms with Crippen LogP contribution in [0.4, 0.5) is 0 Å². The summed E-state index contributed by atoms with van der Waals surface area (Å²) in [4.78, 5) is 0.348. The second-order valence-corrected chi connectivity index (χ2v) is 9.88. The zero-order valence-electron chi connectivity index (χ0n) is 17.2. The Hall–Kier alpha value is -3.43. The van der Waals surface area contributed by atoms with Crippen LogP contribution >= 0.6 is 0 Å². The van der Waals surface area contributed by atoms with Crippen LogP contribution in [0.3, 0.4) is 0 Å². The predicted octanol–water partition coefficient (Wildman–Crippen LogP) is 6.48. The first kappa shape index (κ1) is 19.5. The zero-order chi connectivity index (χ0) is 21.4. The molecule has 0 spiro atoms. The zero-order valence-corrected chi connectivity index (χ0v) is 18.0. The Labute approximate surface area is 183 Å². The monoisotopic (exact) mass is 422 g/mol. The predicted molar refractivity (Wildman–Crippen MR) is 126 cm³/mol. The van der Waals surface area contributed by atoms with Gasteiger partial charge in [-0.05, 0) is 52.5 Å². The Morgan fingerprint density at radius 3 is 1.81 bits per heavy atom. The molecule has 1 unspecified atom stereocenters. The molecule has 1 atom stereocenters. The van der Waals surface area contributed by atoms with Gasteiger partial charge in [-0.25, -0.2) is 8.42 Å². The molecule has 0 saturated heterocycles. The summed E-state index contributed by atoms with van der Waals surface area (Å²) in [6.45, 7) is 1.96. The van der Waals surface area contributed by atoms with E-state index in [1.807, 2.05) is 91.9 Å². The van der Waals surface area contributed by atoms with Crippen molar-refractivity contribution < 1.29 is 8.42 Å². The highest BCUT2D eigenvalue weighted by molar-refractivity contribution is 7.92. The standard InChI is InChI=1S/C28H22O2S/c1-20-16-18-23(19-17-20)31(29,30)28-25-15-9-8-14-24(25)26(21-10-4-2-5-11-21)27(28)22-12-6-3-7-13-22/h2-19,28H,1H3. The van der Waals surface area contributed by atoms with Gasteiger partial charge >= 0.3 is 0 Å². The van der Waals surface area contributed by atoms with Gasteiger partial charge in [-0.1, -0.05) is 103 Å². The summed E-state index contributed by atoms with van der Waals surface area (Å²) in [7, 11) is -3.66. The van der Waals surface area contributed by atoms with Gasteiger partial charge in [-0.15, -0.1) is 0 Å². The molecule has 0 heterocycles. The first-order valence-electron chi connectivity index (χ1n) is 10.3. The van der Waals surface area contributed by atoms with E-state index in [4.69, 9.17) is 0 Å². The van der Waals surface area contributed by atoms with Crippen molar-refractivity contribution in [2.75, 3.05) is 0 Å². The van der Waals surface area contributed by atoms with E-state index in [0.29, 0.717) is 4.90 Å². The highest BCUT2D eigenvalue weighted by atomic mass is 32.2. The molecule has 0 radical (unpaired) electrons. The molecule has 3 heteroatoms. The fraction of sp³-hybridized carbons (Fsp3) is 0.0714. The Kier molecular flexibility index (Phi) is 4.84. The lowest BCUT2D eigenvalue weighted by molar-refractivity contribution is 0.591. The number of fused-ring (bicyclic) bond motifs is 1. The first-order valence-corrected chi connectivity index (χ1v) is 11.9. The molecule has 31 heavy (non-hydrogen) atoms. The maximum atomic E-state index is 14.0. The molecule has 2 nitrogen and oxygen atoms in total. The van der Waals surface area contributed by atoms with Gasteiger partial charge < -0.3 is 0 Å². The third-order valence-corrected chi connectivity index (χ3v) is 7.89. The summed E-state index contributed by atoms with van der Waals surface area (Å²) in [5.41, 5.74) is 6.63. The van der Waals surface area contributed by atoms with Crippen LogP contribution in [0, 0.1) is 6.92 Å². The summed E-state index contributed by atoms with van der Waals surface area (Å²) < 4.78 is 28.1. The molecule has 0 N–H and O–H groups in total. The molecule has 4 aromatic carbocycles. The minimum Gasteiger partial charge on any atom is -0.223 e. The van der Waals surface area contributed by atoms with Crippen molar-refractivity contribution in [3.8, 4) is 0 Å². The highest BCUT2D eigenvalue weighted by Crippen LogP contribution is 2.53. The number of rotatable bonds is 4. The molecule has 1 aliphatic carbocycles. The molecule has 4 aromatic rings. The van der Waals surface area contributed by atoms with Gasteiger partial charge in [-0.3, -0.25) is 0 Å². The number of aryl methyl sites for hydroxylation is 1. The lowest BCUT2D eigenvalue weighted by Crippen LogP contribution is -2.14. The van der Waals surface area contributed by atoms with E-state index in [1.54, 1.807) is 12.1 Å². The quantitative estimate of drug-likeness (QED) is 0.377. The van der Waals surface area contributed by atoms with E-state index in [-0.39, 0.29) is 0 Å². The Morgan fingerprint density at radius 2 is 1.16 bits per heavy atom. The summed E-state index contributed by atoms with van der Waals surface area (Å²) in [5, 5.41) is -0.760. The second-order valence-electron chi connectivity index (χ2n) is 7.85. The first-order chi connectivity index (χ1) is 15.1. The van der Waals surface area contributed by atoms with E-state index in [1.165, 1.54) is 0 Å². The van der Waals surface area contributed by atoms with Gasteiger partial charge in [0, 0.05) is 0 Å². The molecular weight excluding hydrogens is 400 g/mol. The molecule has 0 aromatic heterocycles. The molecule has 0 fully saturated rings. The van der Waals surface area contributed by atoms with Crippen molar-refractivity contribution in [3.05, 3.63) is 137 Å². The molecule has 152 valence electrons. The topological polar surface area (TPSA) is 34.1 Å². The summed E-state index contributed by atoms with van der Waals surface area (Å²) in [5.74, 6) is 0. The third-order valence-electron chi connectivity index (χ3n) is 5.85. The fourth-order valence-corrected chi connectivity index (χ4v) is 6.29. The molecule has 0 amide bonds. The normalized spacial score (nSPS) is 15.7. The van der Waals surface area contributed by atoms with Gasteiger partial charge in [0.15, 0.2) is 9.84 Å². The molecule has 0 bridgehead atoms. The van der Waals surface area contributed by atoms with Crippen molar-refractivity contribution in [1.29, 1.82) is 0 Å². The average Bonchev–Trinajstić information content (AvgIpc) is 3.16. The Balaban J connectivity index is 1.84. The molecule has 0 saturated carbocycles. The number of hydrogen-bond acceptors (Lipinski definition) is 2. The van der Waals surface area contributed by atoms with E-state index >= 15 is 0 Å². The third kappa shape index (κ3) is 3.31. The van der Waals surface area contributed by atoms with Crippen LogP contribution in [0.5, 0.6) is 0 Å². The van der Waals surface area contributed by atoms with Crippen LogP contribution in [0.2, 0.25) is 0 Å². The lowest BCUT2D eigenvalue weighted by Gasteiger charge is -2.19. The van der Waals surface area contributed by atoms with Gasteiger partial charge in [-0.2, -0.15) is 0 Å². The van der Waals surface area contributed by atoms with Crippen LogP contribution in [0.25, 0.3) is 11.1 Å². The second kappa shape index (κ2) is 7.68. The molecule has 0 aliphatic heterocycles. The summed E-state index contributed by atoms with van der Waals surface area (Å²) in [6, 6.07) is 35.0. The lowest BCUT2D eigenvalue weighted by atomic mass is 9.94. The van der Waals surface area contributed by atoms with Gasteiger partial charge in [0.1, 0.15) is 5.25 Å². The van der Waals surface area contributed by atoms with Gasteiger partial charge in [0.05, 0.1) is 4.90 Å². The van der Waals surface area contributed by atoms with Crippen molar-refractivity contribution in [2.45, 2.75) is 17.1 Å². The van der Waals surface area contributed by atoms with E-state index in [9.17, 15) is 8.42 Å². The highest BCUT2D eigenvalue weighted by Gasteiger charge is 2.41. The maximum Gasteiger partial charge on any atom is 0.189 e. The van der Waals surface area contributed by atoms with E-state index < -0.39 is 15.1 Å². The number of benzene rings is 4. The van der Waals surface area contributed by atoms with Crippen molar-refractivity contribution in [1.82, 2.24) is 0 Å². The molecular formula is C28H22O2S. The van der Waals surface area contributed by atoms with Crippen LogP contribution in [-0.4, -0.2) is 8.42 Å². The van der Waals surface area contributed by atoms with Crippen molar-refractivity contribution >= 4 is 21.0 Å². The van der Waals surface area contributed by atoms with Crippen LogP contribution in [0.15, 0.2) is 114 Å². The number of hydrogen-bond donors (Lipinski definition) is 0. The van der Waals surface area contributed by atoms with Crippen molar-refractivity contribution in [2.24, 2.45) is 0 Å². The van der Waals surface area contributed by atoms with Crippen LogP contribution < -0.4 is 0 Å². The number of sulfone groups is 1. The minimum absolute atomic E-state index is 0.348. The van der Waals surface area contributed by atoms with E-state index in [2.05, 4.69) is 12.1 Å². The minimum atomic E-state index is -3.66. The summed E-state index contributed by atoms with van der Waals surface area (Å²) in [6.07, 6.45) is 0. The van der Waals surface area contributed by atoms with Crippen LogP contribution in [-0.2, 0) is 9.84 Å². The summed E-state index contributed by atoms with van der Waals surface area (Å²) >= 11 is 0. The maximum absolute atomic E-state index is 14.0. The molecule has 5 rings (SSSR count). The van der Waals surface area contributed by atoms with Crippen molar-refractivity contribution in [3.63, 3.8) is 0 Å². The van der Waals surface area contributed by atoms with Gasteiger partial charge in [0.25, 0.3) is 0 Å². The van der Waals surface area contributed by atoms with E-state index in [0.717, 1.165) is 39.0 Å². The Bertz CT molecular complexity index is 1370. The largest absolute Gasteiger partial charge is 0.223 e. The smallest absolute Gasteiger partial charge is 0.189 e. The van der Waals surface area contributed by atoms with Crippen LogP contribution in [0.1, 0.15) is 33.1 Å². The molecule has 1 aliphatic rings.